The number of halogens is 2. The summed E-state index contributed by atoms with van der Waals surface area (Å²) < 4.78 is 18.8. The van der Waals surface area contributed by atoms with Crippen LogP contribution in [0.1, 0.15) is 26.7 Å². The van der Waals surface area contributed by atoms with E-state index in [2.05, 4.69) is 10.6 Å². The zero-order valence-electron chi connectivity index (χ0n) is 17.0. The Balaban J connectivity index is 1.47. The molecule has 6 nitrogen and oxygen atoms in total. The van der Waals surface area contributed by atoms with Gasteiger partial charge >= 0.3 is 6.03 Å². The van der Waals surface area contributed by atoms with Crippen LogP contribution >= 0.6 is 11.6 Å². The summed E-state index contributed by atoms with van der Waals surface area (Å²) >= 11 is 5.89. The Hall–Kier alpha value is -2.80. The van der Waals surface area contributed by atoms with E-state index >= 15 is 0 Å². The number of nitrogens with one attached hydrogen (secondary N) is 2. The summed E-state index contributed by atoms with van der Waals surface area (Å²) in [6.45, 7) is 4.52. The lowest BCUT2D eigenvalue weighted by atomic mass is 10.0. The van der Waals surface area contributed by atoms with Crippen molar-refractivity contribution in [2.75, 3.05) is 18.4 Å². The minimum Gasteiger partial charge on any atom is -0.478 e. The van der Waals surface area contributed by atoms with Gasteiger partial charge in [-0.3, -0.25) is 4.79 Å². The van der Waals surface area contributed by atoms with Crippen molar-refractivity contribution in [1.29, 1.82) is 0 Å². The first-order valence-electron chi connectivity index (χ1n) is 9.80. The number of nitrogens with zero attached hydrogens (tertiary/aromatic N) is 1. The highest BCUT2D eigenvalue weighted by Gasteiger charge is 2.36. The van der Waals surface area contributed by atoms with Crippen LogP contribution in [0.2, 0.25) is 5.02 Å². The fraction of sp³-hybridized carbons (Fsp3) is 0.364. The molecule has 1 saturated heterocycles. The number of benzene rings is 2. The van der Waals surface area contributed by atoms with Crippen molar-refractivity contribution >= 4 is 29.2 Å². The minimum absolute atomic E-state index is 0.0465. The summed E-state index contributed by atoms with van der Waals surface area (Å²) in [4.78, 5) is 26.8. The third-order valence-corrected chi connectivity index (χ3v) is 5.17. The second-order valence-electron chi connectivity index (χ2n) is 7.74. The maximum atomic E-state index is 12.9. The number of carbonyl (C=O) groups is 2. The van der Waals surface area contributed by atoms with E-state index in [1.165, 1.54) is 24.3 Å². The number of likely N-dealkylation sites (tertiary alicyclic amines) is 1. The molecule has 0 radical (unpaired) electrons. The first-order chi connectivity index (χ1) is 14.2. The van der Waals surface area contributed by atoms with E-state index in [0.29, 0.717) is 42.4 Å². The minimum atomic E-state index is -1.02. The fourth-order valence-electron chi connectivity index (χ4n) is 3.33. The molecule has 0 unspecified atom stereocenters. The van der Waals surface area contributed by atoms with E-state index in [1.807, 2.05) is 0 Å². The van der Waals surface area contributed by atoms with Gasteiger partial charge in [0.05, 0.1) is 0 Å². The molecule has 0 aromatic heterocycles. The lowest BCUT2D eigenvalue weighted by molar-refractivity contribution is -0.146. The summed E-state index contributed by atoms with van der Waals surface area (Å²) in [6, 6.07) is 12.1. The molecule has 0 bridgehead atoms. The molecule has 0 spiro atoms. The molecule has 2 aromatic carbocycles. The van der Waals surface area contributed by atoms with Crippen molar-refractivity contribution in [3.8, 4) is 5.75 Å². The zero-order valence-corrected chi connectivity index (χ0v) is 17.7. The molecule has 1 heterocycles. The average Bonchev–Trinajstić information content (AvgIpc) is 2.71. The number of ether oxygens (including phenoxy) is 1. The van der Waals surface area contributed by atoms with Gasteiger partial charge in [-0.15, -0.1) is 0 Å². The number of piperidine rings is 1. The molecule has 0 saturated carbocycles. The first-order valence-corrected chi connectivity index (χ1v) is 10.2. The van der Waals surface area contributed by atoms with Gasteiger partial charge in [0.2, 0.25) is 0 Å². The summed E-state index contributed by atoms with van der Waals surface area (Å²) in [5.41, 5.74) is -0.503. The number of anilines is 1. The molecule has 2 N–H and O–H groups in total. The standard InChI is InChI=1S/C22H25ClFN3O3/c1-22(2,30-19-9-3-15(23)4-10-19)20(28)27-13-11-18(12-14-27)26-21(29)25-17-7-5-16(24)6-8-17/h3-10,18H,11-14H2,1-2H3,(H2,25,26,29). The number of carbonyl (C=O) groups excluding carboxylic acids is 2. The maximum absolute atomic E-state index is 12.9. The van der Waals surface area contributed by atoms with Crippen molar-refractivity contribution in [1.82, 2.24) is 10.2 Å². The molecule has 1 aliphatic rings. The van der Waals surface area contributed by atoms with Crippen LogP contribution in [0.15, 0.2) is 48.5 Å². The molecule has 8 heteroatoms. The van der Waals surface area contributed by atoms with Crippen LogP contribution in [0.4, 0.5) is 14.9 Å². The van der Waals surface area contributed by atoms with Gasteiger partial charge in [0.1, 0.15) is 11.6 Å². The average molecular weight is 434 g/mol. The fourth-order valence-corrected chi connectivity index (χ4v) is 3.46. The second kappa shape index (κ2) is 9.34. The Morgan fingerprint density at radius 2 is 1.67 bits per heavy atom. The van der Waals surface area contributed by atoms with Gasteiger partial charge in [0.15, 0.2) is 5.60 Å². The summed E-state index contributed by atoms with van der Waals surface area (Å²) in [7, 11) is 0. The van der Waals surface area contributed by atoms with Crippen molar-refractivity contribution < 1.29 is 18.7 Å². The summed E-state index contributed by atoms with van der Waals surface area (Å²) in [5.74, 6) is 0.111. The van der Waals surface area contributed by atoms with Gasteiger partial charge in [0.25, 0.3) is 5.91 Å². The monoisotopic (exact) mass is 433 g/mol. The van der Waals surface area contributed by atoms with Gasteiger partial charge in [-0.05, 0) is 75.2 Å². The molecule has 1 aliphatic heterocycles. The third-order valence-electron chi connectivity index (χ3n) is 4.92. The second-order valence-corrected chi connectivity index (χ2v) is 8.17. The predicted octanol–water partition coefficient (Wildman–Crippen LogP) is 4.45. The van der Waals surface area contributed by atoms with Crippen molar-refractivity contribution in [3.05, 3.63) is 59.4 Å². The Morgan fingerprint density at radius 1 is 1.07 bits per heavy atom. The third kappa shape index (κ3) is 5.86. The SMILES string of the molecule is CC(C)(Oc1ccc(Cl)cc1)C(=O)N1CCC(NC(=O)Nc2ccc(F)cc2)CC1. The Labute approximate surface area is 180 Å². The lowest BCUT2D eigenvalue weighted by Gasteiger charge is -2.37. The number of amides is 3. The first kappa shape index (κ1) is 21.9. The number of hydrogen-bond acceptors (Lipinski definition) is 3. The zero-order chi connectivity index (χ0) is 21.7. The van der Waals surface area contributed by atoms with E-state index < -0.39 is 5.60 Å². The molecule has 0 atom stereocenters. The van der Waals surface area contributed by atoms with E-state index in [9.17, 15) is 14.0 Å². The Morgan fingerprint density at radius 3 is 2.27 bits per heavy atom. The van der Waals surface area contributed by atoms with Crippen LogP contribution in [0.25, 0.3) is 0 Å². The van der Waals surface area contributed by atoms with Gasteiger partial charge < -0.3 is 20.3 Å². The highest BCUT2D eigenvalue weighted by molar-refractivity contribution is 6.30. The van der Waals surface area contributed by atoms with Gasteiger partial charge in [-0.25, -0.2) is 9.18 Å². The topological polar surface area (TPSA) is 70.7 Å². The molecule has 160 valence electrons. The number of rotatable bonds is 5. The highest BCUT2D eigenvalue weighted by Crippen LogP contribution is 2.24. The van der Waals surface area contributed by atoms with Crippen molar-refractivity contribution in [2.45, 2.75) is 38.3 Å². The van der Waals surface area contributed by atoms with Crippen LogP contribution < -0.4 is 15.4 Å². The van der Waals surface area contributed by atoms with Crippen LogP contribution in [0.5, 0.6) is 5.75 Å². The Kier molecular flexibility index (Phi) is 6.82. The number of hydrogen-bond donors (Lipinski definition) is 2. The smallest absolute Gasteiger partial charge is 0.319 e. The molecule has 1 fully saturated rings. The normalized spacial score (nSPS) is 14.9. The van der Waals surface area contributed by atoms with Gasteiger partial charge in [-0.1, -0.05) is 11.6 Å². The van der Waals surface area contributed by atoms with Crippen molar-refractivity contribution in [2.24, 2.45) is 0 Å². The van der Waals surface area contributed by atoms with E-state index in [1.54, 1.807) is 43.0 Å². The van der Waals surface area contributed by atoms with Gasteiger partial charge in [0, 0.05) is 29.8 Å². The quantitative estimate of drug-likeness (QED) is 0.731. The van der Waals surface area contributed by atoms with Crippen molar-refractivity contribution in [3.63, 3.8) is 0 Å². The molecule has 3 rings (SSSR count). The highest BCUT2D eigenvalue weighted by atomic mass is 35.5. The van der Waals surface area contributed by atoms with Crippen LogP contribution in [0, 0.1) is 5.82 Å². The predicted molar refractivity (Wildman–Crippen MR) is 114 cm³/mol. The molecular weight excluding hydrogens is 409 g/mol. The lowest BCUT2D eigenvalue weighted by Crippen LogP contribution is -2.54. The summed E-state index contributed by atoms with van der Waals surface area (Å²) in [6.07, 6.45) is 1.28. The molecular formula is C22H25ClFN3O3. The van der Waals surface area contributed by atoms with E-state index in [0.717, 1.165) is 0 Å². The molecule has 0 aliphatic carbocycles. The van der Waals surface area contributed by atoms with E-state index in [-0.39, 0.29) is 23.8 Å². The molecule has 30 heavy (non-hydrogen) atoms. The summed E-state index contributed by atoms with van der Waals surface area (Å²) in [5, 5.41) is 6.18. The molecule has 3 amide bonds. The van der Waals surface area contributed by atoms with Crippen LogP contribution in [0.3, 0.4) is 0 Å². The van der Waals surface area contributed by atoms with Crippen LogP contribution in [-0.4, -0.2) is 41.6 Å². The maximum Gasteiger partial charge on any atom is 0.319 e. The Bertz CT molecular complexity index is 880. The van der Waals surface area contributed by atoms with Gasteiger partial charge in [-0.2, -0.15) is 0 Å². The molecule has 2 aromatic rings. The largest absolute Gasteiger partial charge is 0.478 e. The van der Waals surface area contributed by atoms with Crippen LogP contribution in [-0.2, 0) is 4.79 Å². The number of urea groups is 1. The van der Waals surface area contributed by atoms with E-state index in [4.69, 9.17) is 16.3 Å².